The van der Waals surface area contributed by atoms with Gasteiger partial charge in [-0.3, -0.25) is 9.98 Å². The molecule has 3 N–H and O–H groups in total. The van der Waals surface area contributed by atoms with Crippen LogP contribution < -0.4 is 0 Å². The second-order valence-electron chi connectivity index (χ2n) is 8.19. The van der Waals surface area contributed by atoms with E-state index in [1.165, 1.54) is 0 Å². The zero-order valence-corrected chi connectivity index (χ0v) is 19.7. The normalized spacial score (nSPS) is 14.9. The summed E-state index contributed by atoms with van der Waals surface area (Å²) in [6.45, 7) is 3.90. The smallest absolute Gasteiger partial charge is 0.142 e. The van der Waals surface area contributed by atoms with Gasteiger partial charge in [0, 0.05) is 45.8 Å². The van der Waals surface area contributed by atoms with E-state index < -0.39 is 5.60 Å². The molecule has 0 spiro atoms. The molecule has 1 aromatic heterocycles. The summed E-state index contributed by atoms with van der Waals surface area (Å²) >= 11 is 3.46. The van der Waals surface area contributed by atoms with Gasteiger partial charge in [0.2, 0.25) is 0 Å². The zero-order valence-electron chi connectivity index (χ0n) is 18.1. The van der Waals surface area contributed by atoms with E-state index in [0.29, 0.717) is 27.8 Å². The van der Waals surface area contributed by atoms with Gasteiger partial charge in [0.15, 0.2) is 0 Å². The Labute approximate surface area is 205 Å². The minimum atomic E-state index is -1.56. The van der Waals surface area contributed by atoms with Gasteiger partial charge in [0.1, 0.15) is 11.4 Å². The first-order chi connectivity index (χ1) is 16.4. The molecule has 0 radical (unpaired) electrons. The van der Waals surface area contributed by atoms with Crippen molar-refractivity contribution in [3.63, 3.8) is 0 Å². The molecule has 0 saturated carbocycles. The van der Waals surface area contributed by atoms with Gasteiger partial charge in [-0.2, -0.15) is 0 Å². The van der Waals surface area contributed by atoms with Gasteiger partial charge >= 0.3 is 0 Å². The minimum Gasteiger partial charge on any atom is -0.508 e. The quantitative estimate of drug-likeness (QED) is 0.323. The number of phenols is 1. The molecule has 1 unspecified atom stereocenters. The van der Waals surface area contributed by atoms with Crippen LogP contribution in [-0.2, 0) is 12.2 Å². The van der Waals surface area contributed by atoms with Crippen molar-refractivity contribution < 1.29 is 15.3 Å². The summed E-state index contributed by atoms with van der Waals surface area (Å²) < 4.78 is 0.757. The average molecular weight is 513 g/mol. The number of halogens is 1. The number of nitrogens with zero attached hydrogens (tertiary/aromatic N) is 2. The van der Waals surface area contributed by atoms with Crippen molar-refractivity contribution in [2.24, 2.45) is 4.99 Å². The largest absolute Gasteiger partial charge is 0.508 e. The molecule has 0 saturated heterocycles. The molecule has 1 aliphatic rings. The summed E-state index contributed by atoms with van der Waals surface area (Å²) in [6.07, 6.45) is 6.76. The van der Waals surface area contributed by atoms with Crippen LogP contribution in [0.2, 0.25) is 0 Å². The number of aromatic hydroxyl groups is 1. The SMILES string of the molecule is C=C1C=NC=C1C(O)(c1ccc(Br)c(CO)c1)c1ccc2cncc(-c3cccc(O)c3)c2c1. The van der Waals surface area contributed by atoms with E-state index in [1.54, 1.807) is 49.1 Å². The van der Waals surface area contributed by atoms with Crippen LogP contribution in [0.1, 0.15) is 16.7 Å². The Morgan fingerprint density at radius 3 is 2.50 bits per heavy atom. The van der Waals surface area contributed by atoms with Crippen LogP contribution in [0, 0.1) is 0 Å². The number of aliphatic hydroxyl groups is 2. The van der Waals surface area contributed by atoms with E-state index >= 15 is 0 Å². The van der Waals surface area contributed by atoms with Crippen molar-refractivity contribution >= 4 is 32.9 Å². The maximum atomic E-state index is 12.3. The monoisotopic (exact) mass is 512 g/mol. The second kappa shape index (κ2) is 8.65. The van der Waals surface area contributed by atoms with Gasteiger partial charge in [-0.1, -0.05) is 52.8 Å². The van der Waals surface area contributed by atoms with Gasteiger partial charge < -0.3 is 15.3 Å². The first-order valence-electron chi connectivity index (χ1n) is 10.6. The Morgan fingerprint density at radius 2 is 1.76 bits per heavy atom. The number of aliphatic hydroxyl groups excluding tert-OH is 1. The lowest BCUT2D eigenvalue weighted by atomic mass is 9.77. The maximum absolute atomic E-state index is 12.3. The molecule has 168 valence electrons. The van der Waals surface area contributed by atoms with Crippen LogP contribution in [0.4, 0.5) is 0 Å². The minimum absolute atomic E-state index is 0.165. The number of fused-ring (bicyclic) bond motifs is 1. The topological polar surface area (TPSA) is 85.9 Å². The summed E-state index contributed by atoms with van der Waals surface area (Å²) in [6, 6.07) is 18.1. The fraction of sp³-hybridized carbons (Fsp3) is 0.0714. The molecule has 34 heavy (non-hydrogen) atoms. The highest BCUT2D eigenvalue weighted by Crippen LogP contribution is 2.43. The Kier molecular flexibility index (Phi) is 5.65. The van der Waals surface area contributed by atoms with Gasteiger partial charge in [-0.25, -0.2) is 0 Å². The lowest BCUT2D eigenvalue weighted by Crippen LogP contribution is -2.30. The summed E-state index contributed by atoms with van der Waals surface area (Å²) in [7, 11) is 0. The fourth-order valence-electron chi connectivity index (χ4n) is 4.37. The standard InChI is InChI=1S/C28H21BrN2O3/c1-17-12-30-15-26(17)28(34,21-7-8-27(29)20(9-21)16-32)22-6-5-19-13-31-14-25(24(19)11-22)18-3-2-4-23(33)10-18/h2-15,32-34H,1,16H2. The zero-order chi connectivity index (χ0) is 23.9. The van der Waals surface area contributed by atoms with E-state index in [2.05, 4.69) is 32.5 Å². The average Bonchev–Trinajstić information content (AvgIpc) is 3.29. The van der Waals surface area contributed by atoms with Crippen molar-refractivity contribution in [1.82, 2.24) is 4.98 Å². The van der Waals surface area contributed by atoms with E-state index in [0.717, 1.165) is 26.4 Å². The first kappa shape index (κ1) is 22.2. The number of pyridine rings is 1. The van der Waals surface area contributed by atoms with E-state index in [4.69, 9.17) is 0 Å². The molecule has 1 aliphatic heterocycles. The molecule has 5 nitrogen and oxygen atoms in total. The molecule has 4 aromatic rings. The van der Waals surface area contributed by atoms with Gasteiger partial charge in [-0.15, -0.1) is 0 Å². The molecule has 0 bridgehead atoms. The lowest BCUT2D eigenvalue weighted by Gasteiger charge is -2.32. The third-order valence-corrected chi connectivity index (χ3v) is 6.91. The van der Waals surface area contributed by atoms with E-state index in [9.17, 15) is 15.3 Å². The predicted molar refractivity (Wildman–Crippen MR) is 138 cm³/mol. The maximum Gasteiger partial charge on any atom is 0.142 e. The van der Waals surface area contributed by atoms with Crippen LogP contribution in [-0.4, -0.2) is 26.5 Å². The van der Waals surface area contributed by atoms with Crippen molar-refractivity contribution in [1.29, 1.82) is 0 Å². The molecule has 1 atom stereocenters. The van der Waals surface area contributed by atoms with Crippen molar-refractivity contribution in [2.75, 3.05) is 0 Å². The number of hydrogen-bond donors (Lipinski definition) is 3. The highest BCUT2D eigenvalue weighted by atomic mass is 79.9. The molecular formula is C28H21BrN2O3. The van der Waals surface area contributed by atoms with Gasteiger partial charge in [0.05, 0.1) is 6.61 Å². The number of hydrogen-bond acceptors (Lipinski definition) is 5. The molecule has 2 heterocycles. The van der Waals surface area contributed by atoms with Crippen LogP contribution in [0.25, 0.3) is 21.9 Å². The molecule has 6 heteroatoms. The van der Waals surface area contributed by atoms with Crippen molar-refractivity contribution in [3.05, 3.63) is 118 Å². The summed E-state index contributed by atoms with van der Waals surface area (Å²) in [5.74, 6) is 0.165. The highest BCUT2D eigenvalue weighted by Gasteiger charge is 2.38. The molecule has 3 aromatic carbocycles. The lowest BCUT2D eigenvalue weighted by molar-refractivity contribution is 0.124. The van der Waals surface area contributed by atoms with Crippen molar-refractivity contribution in [2.45, 2.75) is 12.2 Å². The predicted octanol–water partition coefficient (Wildman–Crippen LogP) is 5.62. The Balaban J connectivity index is 1.77. The van der Waals surface area contributed by atoms with Gasteiger partial charge in [0.25, 0.3) is 0 Å². The first-order valence-corrected chi connectivity index (χ1v) is 11.4. The summed E-state index contributed by atoms with van der Waals surface area (Å²) in [4.78, 5) is 8.59. The van der Waals surface area contributed by atoms with Crippen molar-refractivity contribution in [3.8, 4) is 16.9 Å². The highest BCUT2D eigenvalue weighted by molar-refractivity contribution is 9.10. The number of benzene rings is 3. The number of rotatable bonds is 5. The number of aromatic nitrogens is 1. The molecular weight excluding hydrogens is 492 g/mol. The van der Waals surface area contributed by atoms with Crippen LogP contribution >= 0.6 is 15.9 Å². The third-order valence-electron chi connectivity index (χ3n) is 6.14. The van der Waals surface area contributed by atoms with E-state index in [-0.39, 0.29) is 12.4 Å². The van der Waals surface area contributed by atoms with Crippen LogP contribution in [0.3, 0.4) is 0 Å². The van der Waals surface area contributed by atoms with Crippen LogP contribution in [0.15, 0.2) is 106 Å². The molecule has 0 fully saturated rings. The Bertz CT molecular complexity index is 1510. The van der Waals surface area contributed by atoms with E-state index in [1.807, 2.05) is 36.4 Å². The summed E-state index contributed by atoms with van der Waals surface area (Å²) in [5.41, 5.74) is 3.13. The molecule has 0 amide bonds. The number of phenolic OH excluding ortho intramolecular Hbond substituents is 1. The second-order valence-corrected chi connectivity index (χ2v) is 9.05. The fourth-order valence-corrected chi connectivity index (χ4v) is 4.74. The number of aliphatic imine (C=N–C) groups is 1. The Morgan fingerprint density at radius 1 is 0.971 bits per heavy atom. The van der Waals surface area contributed by atoms with Gasteiger partial charge in [-0.05, 0) is 63.5 Å². The molecule has 5 rings (SSSR count). The molecule has 0 aliphatic carbocycles. The third kappa shape index (κ3) is 3.66. The summed E-state index contributed by atoms with van der Waals surface area (Å²) in [5, 5.41) is 33.9. The Hall–Kier alpha value is -3.58. The van der Waals surface area contributed by atoms with Crippen LogP contribution in [0.5, 0.6) is 5.75 Å².